The van der Waals surface area contributed by atoms with Crippen molar-refractivity contribution in [2.24, 2.45) is 5.92 Å². The van der Waals surface area contributed by atoms with E-state index in [4.69, 9.17) is 4.74 Å². The van der Waals surface area contributed by atoms with E-state index >= 15 is 0 Å². The zero-order valence-corrected chi connectivity index (χ0v) is 16.8. The summed E-state index contributed by atoms with van der Waals surface area (Å²) >= 11 is 0. The van der Waals surface area contributed by atoms with Crippen LogP contribution in [-0.4, -0.2) is 27.8 Å². The minimum atomic E-state index is 0.115. The van der Waals surface area contributed by atoms with Crippen molar-refractivity contribution in [1.82, 2.24) is 20.1 Å². The molecule has 0 aliphatic heterocycles. The van der Waals surface area contributed by atoms with Gasteiger partial charge in [0.05, 0.1) is 30.7 Å². The number of carbonyl (C=O) groups is 1. The maximum absolute atomic E-state index is 12.5. The van der Waals surface area contributed by atoms with Gasteiger partial charge in [-0.2, -0.15) is 5.10 Å². The lowest BCUT2D eigenvalue weighted by Gasteiger charge is -2.15. The molecule has 0 radical (unpaired) electrons. The largest absolute Gasteiger partial charge is 0.481 e. The van der Waals surface area contributed by atoms with Crippen molar-refractivity contribution in [2.45, 2.75) is 46.1 Å². The summed E-state index contributed by atoms with van der Waals surface area (Å²) in [6.45, 7) is 4.79. The topological polar surface area (TPSA) is 69.0 Å². The smallest absolute Gasteiger partial charge is 0.223 e. The van der Waals surface area contributed by atoms with Crippen LogP contribution in [0.4, 0.5) is 0 Å². The van der Waals surface area contributed by atoms with Crippen LogP contribution in [0.3, 0.4) is 0 Å². The molecule has 28 heavy (non-hydrogen) atoms. The predicted octanol–water partition coefficient (Wildman–Crippen LogP) is 4.26. The third-order valence-corrected chi connectivity index (χ3v) is 4.92. The number of rotatable bonds is 9. The second-order valence-electron chi connectivity index (χ2n) is 7.00. The van der Waals surface area contributed by atoms with Gasteiger partial charge in [0.1, 0.15) is 0 Å². The van der Waals surface area contributed by atoms with Crippen LogP contribution in [0.5, 0.6) is 5.88 Å². The second kappa shape index (κ2) is 9.35. The van der Waals surface area contributed by atoms with Gasteiger partial charge in [-0.15, -0.1) is 0 Å². The minimum absolute atomic E-state index is 0.115. The Morgan fingerprint density at radius 1 is 1.14 bits per heavy atom. The molecule has 6 heteroatoms. The standard InChI is InChI=1S/C22H28N4O2/c1-4-6-17(7-5-2)22(27)24-13-16-8-10-20-18(12-16)14-25-26(20)19-9-11-21(28-3)23-15-19/h8-12,14-15,17H,4-7,13H2,1-3H3,(H,24,27). The van der Waals surface area contributed by atoms with E-state index in [9.17, 15) is 4.79 Å². The van der Waals surface area contributed by atoms with Gasteiger partial charge in [0.2, 0.25) is 11.8 Å². The molecular formula is C22H28N4O2. The third kappa shape index (κ3) is 4.50. The first-order valence-corrected chi connectivity index (χ1v) is 9.91. The Hall–Kier alpha value is -2.89. The van der Waals surface area contributed by atoms with E-state index in [2.05, 4.69) is 35.3 Å². The molecule has 148 valence electrons. The van der Waals surface area contributed by atoms with Crippen molar-refractivity contribution in [3.05, 3.63) is 48.3 Å². The average Bonchev–Trinajstić information content (AvgIpc) is 3.15. The number of methoxy groups -OCH3 is 1. The van der Waals surface area contributed by atoms with Crippen LogP contribution in [0.15, 0.2) is 42.7 Å². The van der Waals surface area contributed by atoms with E-state index in [0.29, 0.717) is 12.4 Å². The van der Waals surface area contributed by atoms with E-state index in [-0.39, 0.29) is 11.8 Å². The van der Waals surface area contributed by atoms with Gasteiger partial charge in [0.15, 0.2) is 0 Å². The summed E-state index contributed by atoms with van der Waals surface area (Å²) in [5, 5.41) is 8.61. The molecular weight excluding hydrogens is 352 g/mol. The summed E-state index contributed by atoms with van der Waals surface area (Å²) in [6.07, 6.45) is 7.53. The molecule has 1 aromatic carbocycles. The van der Waals surface area contributed by atoms with Crippen molar-refractivity contribution < 1.29 is 9.53 Å². The number of carbonyl (C=O) groups excluding carboxylic acids is 1. The van der Waals surface area contributed by atoms with Gasteiger partial charge in [-0.3, -0.25) is 4.79 Å². The Balaban J connectivity index is 1.72. The number of ether oxygens (including phenoxy) is 1. The molecule has 1 N–H and O–H groups in total. The van der Waals surface area contributed by atoms with Crippen LogP contribution in [-0.2, 0) is 11.3 Å². The summed E-state index contributed by atoms with van der Waals surface area (Å²) in [6, 6.07) is 9.88. The molecule has 2 aromatic heterocycles. The highest BCUT2D eigenvalue weighted by Crippen LogP contribution is 2.21. The van der Waals surface area contributed by atoms with Gasteiger partial charge in [0.25, 0.3) is 0 Å². The summed E-state index contributed by atoms with van der Waals surface area (Å²) in [4.78, 5) is 16.7. The second-order valence-corrected chi connectivity index (χ2v) is 7.00. The summed E-state index contributed by atoms with van der Waals surface area (Å²) < 4.78 is 6.96. The van der Waals surface area contributed by atoms with Crippen molar-refractivity contribution in [1.29, 1.82) is 0 Å². The number of benzene rings is 1. The Morgan fingerprint density at radius 3 is 2.57 bits per heavy atom. The lowest BCUT2D eigenvalue weighted by molar-refractivity contribution is -0.125. The normalized spacial score (nSPS) is 11.1. The van der Waals surface area contributed by atoms with Gasteiger partial charge < -0.3 is 10.1 Å². The number of aromatic nitrogens is 3. The molecule has 0 atom stereocenters. The Labute approximate surface area is 165 Å². The first kappa shape index (κ1) is 19.9. The zero-order valence-electron chi connectivity index (χ0n) is 16.8. The molecule has 2 heterocycles. The highest BCUT2D eigenvalue weighted by molar-refractivity contribution is 5.81. The fraction of sp³-hybridized carbons (Fsp3) is 0.409. The highest BCUT2D eigenvalue weighted by atomic mass is 16.5. The van der Waals surface area contributed by atoms with Crippen LogP contribution in [0, 0.1) is 5.92 Å². The molecule has 3 aromatic rings. The van der Waals surface area contributed by atoms with Crippen LogP contribution in [0.1, 0.15) is 45.1 Å². The van der Waals surface area contributed by atoms with Gasteiger partial charge >= 0.3 is 0 Å². The minimum Gasteiger partial charge on any atom is -0.481 e. The molecule has 0 aliphatic rings. The molecule has 6 nitrogen and oxygen atoms in total. The number of pyridine rings is 1. The molecule has 0 saturated carbocycles. The van der Waals surface area contributed by atoms with E-state index < -0.39 is 0 Å². The molecule has 0 spiro atoms. The van der Waals surface area contributed by atoms with E-state index in [1.54, 1.807) is 13.3 Å². The predicted molar refractivity (Wildman–Crippen MR) is 111 cm³/mol. The van der Waals surface area contributed by atoms with Crippen LogP contribution in [0.25, 0.3) is 16.6 Å². The molecule has 1 amide bonds. The molecule has 0 aliphatic carbocycles. The van der Waals surface area contributed by atoms with Crippen LogP contribution < -0.4 is 10.1 Å². The number of hydrogen-bond donors (Lipinski definition) is 1. The van der Waals surface area contributed by atoms with Gasteiger partial charge in [-0.1, -0.05) is 32.8 Å². The number of nitrogens with zero attached hydrogens (tertiary/aromatic N) is 3. The number of nitrogens with one attached hydrogen (secondary N) is 1. The zero-order chi connectivity index (χ0) is 19.9. The quantitative estimate of drug-likeness (QED) is 0.602. The molecule has 3 rings (SSSR count). The van der Waals surface area contributed by atoms with Gasteiger partial charge in [-0.25, -0.2) is 9.67 Å². The highest BCUT2D eigenvalue weighted by Gasteiger charge is 2.16. The fourth-order valence-corrected chi connectivity index (χ4v) is 3.45. The first-order chi connectivity index (χ1) is 13.7. The summed E-state index contributed by atoms with van der Waals surface area (Å²) in [5.74, 6) is 0.843. The fourth-order valence-electron chi connectivity index (χ4n) is 3.45. The van der Waals surface area contributed by atoms with E-state index in [1.807, 2.05) is 35.1 Å². The number of fused-ring (bicyclic) bond motifs is 1. The average molecular weight is 380 g/mol. The Morgan fingerprint density at radius 2 is 1.93 bits per heavy atom. The third-order valence-electron chi connectivity index (χ3n) is 4.92. The number of hydrogen-bond acceptors (Lipinski definition) is 4. The van der Waals surface area contributed by atoms with Crippen molar-refractivity contribution in [3.63, 3.8) is 0 Å². The lowest BCUT2D eigenvalue weighted by Crippen LogP contribution is -2.30. The van der Waals surface area contributed by atoms with Gasteiger partial charge in [-0.05, 0) is 36.6 Å². The van der Waals surface area contributed by atoms with Crippen molar-refractivity contribution >= 4 is 16.8 Å². The Bertz CT molecular complexity index is 912. The SMILES string of the molecule is CCCC(CCC)C(=O)NCc1ccc2c(cnn2-c2ccc(OC)nc2)c1. The van der Waals surface area contributed by atoms with Crippen LogP contribution in [0.2, 0.25) is 0 Å². The van der Waals surface area contributed by atoms with Crippen molar-refractivity contribution in [3.8, 4) is 11.6 Å². The van der Waals surface area contributed by atoms with Crippen LogP contribution >= 0.6 is 0 Å². The van der Waals surface area contributed by atoms with Crippen molar-refractivity contribution in [2.75, 3.05) is 7.11 Å². The monoisotopic (exact) mass is 380 g/mol. The number of amides is 1. The molecule has 0 bridgehead atoms. The summed E-state index contributed by atoms with van der Waals surface area (Å²) in [5.41, 5.74) is 2.94. The first-order valence-electron chi connectivity index (χ1n) is 9.91. The Kier molecular flexibility index (Phi) is 6.63. The van der Waals surface area contributed by atoms with E-state index in [1.165, 1.54) is 0 Å². The van der Waals surface area contributed by atoms with E-state index in [0.717, 1.165) is 47.8 Å². The lowest BCUT2D eigenvalue weighted by atomic mass is 9.97. The molecule has 0 unspecified atom stereocenters. The maximum Gasteiger partial charge on any atom is 0.223 e. The molecule has 0 fully saturated rings. The van der Waals surface area contributed by atoms with Gasteiger partial charge in [0, 0.05) is 23.9 Å². The molecule has 0 saturated heterocycles. The maximum atomic E-state index is 12.5. The summed E-state index contributed by atoms with van der Waals surface area (Å²) in [7, 11) is 1.60.